The summed E-state index contributed by atoms with van der Waals surface area (Å²) in [7, 11) is 0. The van der Waals surface area contributed by atoms with Gasteiger partial charge in [-0.1, -0.05) is 26.2 Å². The van der Waals surface area contributed by atoms with E-state index in [-0.39, 0.29) is 0 Å². The van der Waals surface area contributed by atoms with E-state index in [0.29, 0.717) is 6.10 Å². The number of hydrogen-bond donors (Lipinski definition) is 1. The second-order valence-corrected chi connectivity index (χ2v) is 5.86. The van der Waals surface area contributed by atoms with Crippen LogP contribution in [0.25, 0.3) is 0 Å². The molecule has 2 saturated carbocycles. The van der Waals surface area contributed by atoms with E-state index in [1.165, 1.54) is 57.8 Å². The maximum atomic E-state index is 5.87. The summed E-state index contributed by atoms with van der Waals surface area (Å²) in [4.78, 5) is 0. The molecule has 0 aromatic carbocycles. The van der Waals surface area contributed by atoms with Crippen molar-refractivity contribution in [3.8, 4) is 0 Å². The Morgan fingerprint density at radius 1 is 1.00 bits per heavy atom. The molecular weight excluding hydrogens is 210 g/mol. The molecule has 0 bridgehead atoms. The van der Waals surface area contributed by atoms with Gasteiger partial charge < -0.3 is 10.1 Å². The predicted octanol–water partition coefficient (Wildman–Crippen LogP) is 3.50. The van der Waals surface area contributed by atoms with Crippen LogP contribution in [0.15, 0.2) is 0 Å². The van der Waals surface area contributed by atoms with Gasteiger partial charge in [0.1, 0.15) is 0 Å². The van der Waals surface area contributed by atoms with Gasteiger partial charge in [0.05, 0.1) is 12.7 Å². The van der Waals surface area contributed by atoms with Crippen molar-refractivity contribution in [3.05, 3.63) is 0 Å². The second kappa shape index (κ2) is 7.38. The maximum Gasteiger partial charge on any atom is 0.0594 e. The summed E-state index contributed by atoms with van der Waals surface area (Å²) in [6, 6.07) is 0.768. The highest BCUT2D eigenvalue weighted by molar-refractivity contribution is 4.76. The molecule has 0 amide bonds. The summed E-state index contributed by atoms with van der Waals surface area (Å²) >= 11 is 0. The Morgan fingerprint density at radius 3 is 2.35 bits per heavy atom. The Balaban J connectivity index is 1.48. The van der Waals surface area contributed by atoms with Gasteiger partial charge in [0.2, 0.25) is 0 Å². The standard InChI is InChI=1S/C15H29NO/c1-2-13-7-9-14(10-8-13)16-11-12-17-15-5-3-4-6-15/h13-16H,2-12H2,1H3. The Morgan fingerprint density at radius 2 is 1.71 bits per heavy atom. The first-order chi connectivity index (χ1) is 8.38. The maximum absolute atomic E-state index is 5.87. The van der Waals surface area contributed by atoms with Gasteiger partial charge in [0.15, 0.2) is 0 Å². The summed E-state index contributed by atoms with van der Waals surface area (Å²) in [6.07, 6.45) is 12.9. The second-order valence-electron chi connectivity index (χ2n) is 5.86. The first kappa shape index (κ1) is 13.4. The number of hydrogen-bond acceptors (Lipinski definition) is 2. The molecular formula is C15H29NO. The number of ether oxygens (including phenoxy) is 1. The molecule has 0 radical (unpaired) electrons. The molecule has 0 aliphatic heterocycles. The normalized spacial score (nSPS) is 30.9. The molecule has 2 nitrogen and oxygen atoms in total. The minimum atomic E-state index is 0.577. The minimum absolute atomic E-state index is 0.577. The Kier molecular flexibility index (Phi) is 5.79. The van der Waals surface area contributed by atoms with Crippen LogP contribution < -0.4 is 5.32 Å². The van der Waals surface area contributed by atoms with Crippen molar-refractivity contribution in [1.82, 2.24) is 5.32 Å². The molecule has 0 atom stereocenters. The zero-order chi connectivity index (χ0) is 11.9. The third-order valence-electron chi connectivity index (χ3n) is 4.61. The Hall–Kier alpha value is -0.0800. The molecule has 0 aromatic heterocycles. The van der Waals surface area contributed by atoms with E-state index in [2.05, 4.69) is 12.2 Å². The molecule has 2 heteroatoms. The predicted molar refractivity (Wildman–Crippen MR) is 72.2 cm³/mol. The summed E-state index contributed by atoms with van der Waals surface area (Å²) in [5.41, 5.74) is 0. The molecule has 2 fully saturated rings. The summed E-state index contributed by atoms with van der Waals surface area (Å²) in [5, 5.41) is 3.67. The summed E-state index contributed by atoms with van der Waals surface area (Å²) in [5.74, 6) is 1.00. The van der Waals surface area contributed by atoms with E-state index in [9.17, 15) is 0 Å². The van der Waals surface area contributed by atoms with Gasteiger partial charge in [0, 0.05) is 12.6 Å². The van der Waals surface area contributed by atoms with Gasteiger partial charge in [-0.05, 0) is 44.4 Å². The lowest BCUT2D eigenvalue weighted by atomic mass is 9.84. The van der Waals surface area contributed by atoms with E-state index >= 15 is 0 Å². The average Bonchev–Trinajstić information content (AvgIpc) is 2.88. The van der Waals surface area contributed by atoms with Crippen LogP contribution in [0, 0.1) is 5.92 Å². The lowest BCUT2D eigenvalue weighted by Crippen LogP contribution is -2.35. The molecule has 100 valence electrons. The van der Waals surface area contributed by atoms with E-state index in [1.807, 2.05) is 0 Å². The van der Waals surface area contributed by atoms with Gasteiger partial charge in [-0.3, -0.25) is 0 Å². The zero-order valence-electron chi connectivity index (χ0n) is 11.4. The molecule has 17 heavy (non-hydrogen) atoms. The monoisotopic (exact) mass is 239 g/mol. The van der Waals surface area contributed by atoms with Crippen molar-refractivity contribution in [2.45, 2.75) is 76.9 Å². The van der Waals surface area contributed by atoms with Crippen molar-refractivity contribution in [1.29, 1.82) is 0 Å². The van der Waals surface area contributed by atoms with Crippen LogP contribution in [-0.4, -0.2) is 25.3 Å². The topological polar surface area (TPSA) is 21.3 Å². The van der Waals surface area contributed by atoms with Gasteiger partial charge in [-0.25, -0.2) is 0 Å². The summed E-state index contributed by atoms with van der Waals surface area (Å²) in [6.45, 7) is 4.30. The van der Waals surface area contributed by atoms with Crippen molar-refractivity contribution < 1.29 is 4.74 Å². The molecule has 0 heterocycles. The van der Waals surface area contributed by atoms with Crippen molar-refractivity contribution >= 4 is 0 Å². The zero-order valence-corrected chi connectivity index (χ0v) is 11.4. The third kappa shape index (κ3) is 4.59. The van der Waals surface area contributed by atoms with Crippen molar-refractivity contribution in [2.24, 2.45) is 5.92 Å². The third-order valence-corrected chi connectivity index (χ3v) is 4.61. The van der Waals surface area contributed by atoms with Crippen LogP contribution in [0.3, 0.4) is 0 Å². The fraction of sp³-hybridized carbons (Fsp3) is 1.00. The van der Waals surface area contributed by atoms with Crippen molar-refractivity contribution in [2.75, 3.05) is 13.2 Å². The summed E-state index contributed by atoms with van der Waals surface area (Å²) < 4.78 is 5.87. The van der Waals surface area contributed by atoms with E-state index in [0.717, 1.165) is 25.1 Å². The molecule has 2 aliphatic rings. The highest BCUT2D eigenvalue weighted by Crippen LogP contribution is 2.26. The first-order valence-corrected chi connectivity index (χ1v) is 7.73. The van der Waals surface area contributed by atoms with Gasteiger partial charge >= 0.3 is 0 Å². The quantitative estimate of drug-likeness (QED) is 0.716. The van der Waals surface area contributed by atoms with Crippen LogP contribution in [0.4, 0.5) is 0 Å². The number of nitrogens with one attached hydrogen (secondary N) is 1. The number of rotatable bonds is 6. The largest absolute Gasteiger partial charge is 0.377 e. The smallest absolute Gasteiger partial charge is 0.0594 e. The Labute approximate surface area is 107 Å². The Bertz CT molecular complexity index is 193. The first-order valence-electron chi connectivity index (χ1n) is 7.73. The molecule has 2 aliphatic carbocycles. The van der Waals surface area contributed by atoms with Crippen LogP contribution in [0.1, 0.15) is 64.7 Å². The lowest BCUT2D eigenvalue weighted by Gasteiger charge is -2.28. The van der Waals surface area contributed by atoms with Gasteiger partial charge in [0.25, 0.3) is 0 Å². The molecule has 1 N–H and O–H groups in total. The molecule has 0 unspecified atom stereocenters. The fourth-order valence-corrected chi connectivity index (χ4v) is 3.32. The average molecular weight is 239 g/mol. The minimum Gasteiger partial charge on any atom is -0.377 e. The van der Waals surface area contributed by atoms with E-state index in [4.69, 9.17) is 4.74 Å². The molecule has 0 spiro atoms. The van der Waals surface area contributed by atoms with E-state index in [1.54, 1.807) is 0 Å². The highest BCUT2D eigenvalue weighted by Gasteiger charge is 2.19. The van der Waals surface area contributed by atoms with Gasteiger partial charge in [-0.15, -0.1) is 0 Å². The molecule has 0 saturated heterocycles. The van der Waals surface area contributed by atoms with Crippen LogP contribution in [0.5, 0.6) is 0 Å². The molecule has 2 rings (SSSR count). The van der Waals surface area contributed by atoms with E-state index < -0.39 is 0 Å². The van der Waals surface area contributed by atoms with Crippen LogP contribution in [0.2, 0.25) is 0 Å². The van der Waals surface area contributed by atoms with Gasteiger partial charge in [-0.2, -0.15) is 0 Å². The fourth-order valence-electron chi connectivity index (χ4n) is 3.32. The van der Waals surface area contributed by atoms with Crippen LogP contribution >= 0.6 is 0 Å². The van der Waals surface area contributed by atoms with Crippen LogP contribution in [-0.2, 0) is 4.74 Å². The molecule has 0 aromatic rings. The van der Waals surface area contributed by atoms with Crippen molar-refractivity contribution in [3.63, 3.8) is 0 Å². The lowest BCUT2D eigenvalue weighted by molar-refractivity contribution is 0.0581. The SMILES string of the molecule is CCC1CCC(NCCOC2CCCC2)CC1. The highest BCUT2D eigenvalue weighted by atomic mass is 16.5.